The van der Waals surface area contributed by atoms with Crippen molar-refractivity contribution in [2.24, 2.45) is 0 Å². The second-order valence-corrected chi connectivity index (χ2v) is 5.68. The molecule has 0 bridgehead atoms. The highest BCUT2D eigenvalue weighted by Crippen LogP contribution is 2.23. The summed E-state index contributed by atoms with van der Waals surface area (Å²) in [5.74, 6) is 1.40. The summed E-state index contributed by atoms with van der Waals surface area (Å²) in [6, 6.07) is 16.3. The summed E-state index contributed by atoms with van der Waals surface area (Å²) in [5, 5.41) is 5.71. The van der Waals surface area contributed by atoms with E-state index in [-0.39, 0.29) is 18.2 Å². The zero-order valence-corrected chi connectivity index (χ0v) is 14.1. The van der Waals surface area contributed by atoms with Crippen LogP contribution in [0.25, 0.3) is 0 Å². The first kappa shape index (κ1) is 17.3. The first-order chi connectivity index (χ1) is 12.2. The van der Waals surface area contributed by atoms with E-state index >= 15 is 0 Å². The number of carbonyl (C=O) groups is 1. The van der Waals surface area contributed by atoms with Gasteiger partial charge in [-0.05, 0) is 31.2 Å². The molecule has 0 aliphatic carbocycles. The molecule has 1 heterocycles. The third kappa shape index (κ3) is 4.95. The lowest BCUT2D eigenvalue weighted by Crippen LogP contribution is -2.45. The molecular formula is C19H22N2O4. The second kappa shape index (κ2) is 8.50. The van der Waals surface area contributed by atoms with Gasteiger partial charge < -0.3 is 24.8 Å². The van der Waals surface area contributed by atoms with Gasteiger partial charge in [0.25, 0.3) is 0 Å². The Morgan fingerprint density at radius 1 is 1.12 bits per heavy atom. The van der Waals surface area contributed by atoms with Crippen molar-refractivity contribution < 1.29 is 19.0 Å². The van der Waals surface area contributed by atoms with Gasteiger partial charge in [-0.15, -0.1) is 0 Å². The van der Waals surface area contributed by atoms with Crippen LogP contribution in [-0.2, 0) is 9.47 Å². The van der Waals surface area contributed by atoms with Crippen molar-refractivity contribution in [3.05, 3.63) is 54.6 Å². The number of urea groups is 1. The molecule has 2 aromatic carbocycles. The molecule has 132 valence electrons. The Hall–Kier alpha value is -2.57. The Bertz CT molecular complexity index is 693. The fraction of sp³-hybridized carbons (Fsp3) is 0.316. The molecule has 2 N–H and O–H groups in total. The number of benzene rings is 2. The molecular weight excluding hydrogens is 320 g/mol. The topological polar surface area (TPSA) is 68.8 Å². The highest BCUT2D eigenvalue weighted by Gasteiger charge is 2.30. The van der Waals surface area contributed by atoms with E-state index in [0.717, 1.165) is 5.75 Å². The minimum Gasteiger partial charge on any atom is -0.457 e. The Balaban J connectivity index is 1.57. The number of carbonyl (C=O) groups excluding carboxylic acids is 1. The molecule has 3 rings (SSSR count). The zero-order chi connectivity index (χ0) is 17.5. The predicted octanol–water partition coefficient (Wildman–Crippen LogP) is 3.40. The average molecular weight is 342 g/mol. The van der Waals surface area contributed by atoms with E-state index in [4.69, 9.17) is 14.2 Å². The van der Waals surface area contributed by atoms with Crippen LogP contribution in [0.2, 0.25) is 0 Å². The second-order valence-electron chi connectivity index (χ2n) is 5.68. The van der Waals surface area contributed by atoms with Gasteiger partial charge in [-0.2, -0.15) is 0 Å². The third-order valence-electron chi connectivity index (χ3n) is 3.80. The number of para-hydroxylation sites is 1. The SMILES string of the molecule is CCO[C@H]1COC[C@@H]1NC(=O)Nc1cccc(Oc2ccccc2)c1. The molecule has 6 nitrogen and oxygen atoms in total. The lowest BCUT2D eigenvalue weighted by molar-refractivity contribution is 0.0428. The van der Waals surface area contributed by atoms with Gasteiger partial charge in [-0.1, -0.05) is 24.3 Å². The van der Waals surface area contributed by atoms with Crippen LogP contribution >= 0.6 is 0 Å². The van der Waals surface area contributed by atoms with Crippen molar-refractivity contribution in [2.45, 2.75) is 19.1 Å². The lowest BCUT2D eigenvalue weighted by atomic mass is 10.2. The highest BCUT2D eigenvalue weighted by atomic mass is 16.5. The van der Waals surface area contributed by atoms with Gasteiger partial charge >= 0.3 is 6.03 Å². The molecule has 0 spiro atoms. The highest BCUT2D eigenvalue weighted by molar-refractivity contribution is 5.89. The quantitative estimate of drug-likeness (QED) is 0.844. The van der Waals surface area contributed by atoms with Crippen LogP contribution in [0.4, 0.5) is 10.5 Å². The Morgan fingerprint density at radius 3 is 2.72 bits per heavy atom. The summed E-state index contributed by atoms with van der Waals surface area (Å²) in [4.78, 5) is 12.2. The first-order valence-electron chi connectivity index (χ1n) is 8.34. The molecule has 2 aromatic rings. The summed E-state index contributed by atoms with van der Waals surface area (Å²) < 4.78 is 16.7. The summed E-state index contributed by atoms with van der Waals surface area (Å²) >= 11 is 0. The van der Waals surface area contributed by atoms with Crippen molar-refractivity contribution in [1.82, 2.24) is 5.32 Å². The summed E-state index contributed by atoms with van der Waals surface area (Å²) in [7, 11) is 0. The monoisotopic (exact) mass is 342 g/mol. The molecule has 0 unspecified atom stereocenters. The number of hydrogen-bond donors (Lipinski definition) is 2. The third-order valence-corrected chi connectivity index (χ3v) is 3.80. The maximum Gasteiger partial charge on any atom is 0.319 e. The molecule has 0 aromatic heterocycles. The van der Waals surface area contributed by atoms with Crippen LogP contribution in [-0.4, -0.2) is 38.0 Å². The minimum atomic E-state index is -0.294. The van der Waals surface area contributed by atoms with Gasteiger partial charge in [0, 0.05) is 18.4 Å². The number of rotatable bonds is 6. The van der Waals surface area contributed by atoms with E-state index in [1.165, 1.54) is 0 Å². The van der Waals surface area contributed by atoms with Crippen LogP contribution in [0.5, 0.6) is 11.5 Å². The van der Waals surface area contributed by atoms with Crippen molar-refractivity contribution in [1.29, 1.82) is 0 Å². The molecule has 1 saturated heterocycles. The molecule has 2 amide bonds. The number of hydrogen-bond acceptors (Lipinski definition) is 4. The van der Waals surface area contributed by atoms with Crippen molar-refractivity contribution in [3.63, 3.8) is 0 Å². The van der Waals surface area contributed by atoms with Gasteiger partial charge in [0.05, 0.1) is 19.3 Å². The molecule has 25 heavy (non-hydrogen) atoms. The fourth-order valence-electron chi connectivity index (χ4n) is 2.65. The summed E-state index contributed by atoms with van der Waals surface area (Å²) in [6.07, 6.45) is -0.108. The molecule has 0 radical (unpaired) electrons. The van der Waals surface area contributed by atoms with Crippen molar-refractivity contribution in [3.8, 4) is 11.5 Å². The maximum atomic E-state index is 12.2. The van der Waals surface area contributed by atoms with E-state index in [9.17, 15) is 4.79 Å². The van der Waals surface area contributed by atoms with Gasteiger partial charge in [-0.3, -0.25) is 0 Å². The van der Waals surface area contributed by atoms with Crippen LogP contribution in [0.3, 0.4) is 0 Å². The maximum absolute atomic E-state index is 12.2. The van der Waals surface area contributed by atoms with E-state index in [0.29, 0.717) is 31.3 Å². The van der Waals surface area contributed by atoms with Gasteiger partial charge in [-0.25, -0.2) is 4.79 Å². The van der Waals surface area contributed by atoms with E-state index in [1.54, 1.807) is 6.07 Å². The minimum absolute atomic E-state index is 0.108. The standard InChI is InChI=1S/C19H22N2O4/c1-2-24-18-13-23-12-17(18)21-19(22)20-14-7-6-10-16(11-14)25-15-8-4-3-5-9-15/h3-11,17-18H,2,12-13H2,1H3,(H2,20,21,22)/t17-,18-/m0/s1. The van der Waals surface area contributed by atoms with Gasteiger partial charge in [0.15, 0.2) is 0 Å². The molecule has 2 atom stereocenters. The Labute approximate surface area is 147 Å². The van der Waals surface area contributed by atoms with E-state index in [1.807, 2.05) is 55.5 Å². The van der Waals surface area contributed by atoms with Crippen LogP contribution in [0.15, 0.2) is 54.6 Å². The molecule has 6 heteroatoms. The first-order valence-corrected chi connectivity index (χ1v) is 8.34. The number of amides is 2. The number of ether oxygens (including phenoxy) is 3. The van der Waals surface area contributed by atoms with Gasteiger partial charge in [0.1, 0.15) is 17.6 Å². The lowest BCUT2D eigenvalue weighted by Gasteiger charge is -2.19. The normalized spacial score (nSPS) is 19.4. The molecule has 1 fully saturated rings. The fourth-order valence-corrected chi connectivity index (χ4v) is 2.65. The summed E-state index contributed by atoms with van der Waals surface area (Å²) in [6.45, 7) is 3.47. The van der Waals surface area contributed by atoms with Crippen molar-refractivity contribution >= 4 is 11.7 Å². The van der Waals surface area contributed by atoms with Crippen LogP contribution < -0.4 is 15.4 Å². The van der Waals surface area contributed by atoms with E-state index < -0.39 is 0 Å². The number of nitrogens with one attached hydrogen (secondary N) is 2. The molecule has 1 aliphatic heterocycles. The average Bonchev–Trinajstić information content (AvgIpc) is 3.03. The zero-order valence-electron chi connectivity index (χ0n) is 14.1. The van der Waals surface area contributed by atoms with E-state index in [2.05, 4.69) is 10.6 Å². The molecule has 1 aliphatic rings. The van der Waals surface area contributed by atoms with Gasteiger partial charge in [0.2, 0.25) is 0 Å². The largest absolute Gasteiger partial charge is 0.457 e. The number of anilines is 1. The van der Waals surface area contributed by atoms with Crippen LogP contribution in [0, 0.1) is 0 Å². The smallest absolute Gasteiger partial charge is 0.319 e. The molecule has 0 saturated carbocycles. The van der Waals surface area contributed by atoms with Crippen LogP contribution in [0.1, 0.15) is 6.92 Å². The Morgan fingerprint density at radius 2 is 1.92 bits per heavy atom. The predicted molar refractivity (Wildman–Crippen MR) is 95.1 cm³/mol. The van der Waals surface area contributed by atoms with Crippen molar-refractivity contribution in [2.75, 3.05) is 25.1 Å². The Kier molecular flexibility index (Phi) is 5.87. The summed E-state index contributed by atoms with van der Waals surface area (Å²) in [5.41, 5.74) is 0.651.